The van der Waals surface area contributed by atoms with Crippen molar-refractivity contribution in [2.24, 2.45) is 5.92 Å². The van der Waals surface area contributed by atoms with E-state index in [4.69, 9.17) is 0 Å². The van der Waals surface area contributed by atoms with Crippen LogP contribution in [0.5, 0.6) is 0 Å². The second-order valence-electron chi connectivity index (χ2n) is 6.85. The Balaban J connectivity index is 1.62. The van der Waals surface area contributed by atoms with Crippen molar-refractivity contribution in [3.05, 3.63) is 51.7 Å². The molecule has 8 heteroatoms. The van der Waals surface area contributed by atoms with Gasteiger partial charge in [0.05, 0.1) is 5.92 Å². The van der Waals surface area contributed by atoms with Crippen LogP contribution in [-0.2, 0) is 17.5 Å². The number of alkyl halides is 3. The fourth-order valence-electron chi connectivity index (χ4n) is 3.19. The number of rotatable bonds is 5. The average Bonchev–Trinajstić information content (AvgIpc) is 3.28. The van der Waals surface area contributed by atoms with Crippen LogP contribution in [0.15, 0.2) is 36.4 Å². The number of anilines is 1. The third-order valence-electron chi connectivity index (χ3n) is 4.74. The second kappa shape index (κ2) is 7.90. The Morgan fingerprint density at radius 2 is 1.89 bits per heavy atom. The Morgan fingerprint density at radius 1 is 1.19 bits per heavy atom. The van der Waals surface area contributed by atoms with Crippen LogP contribution in [0.3, 0.4) is 0 Å². The van der Waals surface area contributed by atoms with Gasteiger partial charge in [0.1, 0.15) is 4.88 Å². The minimum Gasteiger partial charge on any atom is -0.378 e. The van der Waals surface area contributed by atoms with E-state index in [9.17, 15) is 18.0 Å². The summed E-state index contributed by atoms with van der Waals surface area (Å²) < 4.78 is 38.5. The number of amides is 1. The standard InChI is InChI=1S/C19H22F3N3OS/c1-25(2)13-5-3-12(4-6-13)9-24-18(26)15-11-23-10-14(15)16-7-8-17(27-16)19(20,21)22/h3-8,14-15,23H,9-11H2,1-2H3,(H,24,26)/t14-,15-/m0/s1. The molecule has 2 aromatic rings. The van der Waals surface area contributed by atoms with Crippen LogP contribution in [0, 0.1) is 5.92 Å². The van der Waals surface area contributed by atoms with Gasteiger partial charge in [-0.1, -0.05) is 12.1 Å². The molecular formula is C19H22F3N3OS. The molecular weight excluding hydrogens is 375 g/mol. The molecule has 2 N–H and O–H groups in total. The number of nitrogens with one attached hydrogen (secondary N) is 2. The Labute approximate surface area is 160 Å². The predicted octanol–water partition coefficient (Wildman–Crippen LogP) is 3.45. The summed E-state index contributed by atoms with van der Waals surface area (Å²) in [5.74, 6) is -0.739. The Hall–Kier alpha value is -2.06. The van der Waals surface area contributed by atoms with Crippen LogP contribution in [0.25, 0.3) is 0 Å². The summed E-state index contributed by atoms with van der Waals surface area (Å²) >= 11 is 0.727. The SMILES string of the molecule is CN(C)c1ccc(CNC(=O)[C@H]2CNC[C@@H]2c2ccc(C(F)(F)F)s2)cc1. The lowest BCUT2D eigenvalue weighted by Gasteiger charge is -2.17. The molecule has 2 heterocycles. The van der Waals surface area contributed by atoms with Crippen LogP contribution in [-0.4, -0.2) is 33.1 Å². The minimum absolute atomic E-state index is 0.136. The number of benzene rings is 1. The molecule has 0 aliphatic carbocycles. The van der Waals surface area contributed by atoms with Crippen LogP contribution in [0.2, 0.25) is 0 Å². The summed E-state index contributed by atoms with van der Waals surface area (Å²) in [6.07, 6.45) is -4.34. The van der Waals surface area contributed by atoms with Crippen molar-refractivity contribution in [2.45, 2.75) is 18.6 Å². The first-order valence-electron chi connectivity index (χ1n) is 8.67. The van der Waals surface area contributed by atoms with E-state index in [1.54, 1.807) is 0 Å². The molecule has 3 rings (SSSR count). The molecule has 0 unspecified atom stereocenters. The topological polar surface area (TPSA) is 44.4 Å². The van der Waals surface area contributed by atoms with E-state index in [2.05, 4.69) is 10.6 Å². The third kappa shape index (κ3) is 4.62. The summed E-state index contributed by atoms with van der Waals surface area (Å²) in [4.78, 5) is 14.6. The summed E-state index contributed by atoms with van der Waals surface area (Å²) in [6, 6.07) is 10.5. The average molecular weight is 397 g/mol. The molecule has 1 aromatic heterocycles. The van der Waals surface area contributed by atoms with Crippen molar-refractivity contribution in [1.29, 1.82) is 0 Å². The lowest BCUT2D eigenvalue weighted by molar-refractivity contribution is -0.134. The molecule has 1 saturated heterocycles. The second-order valence-corrected chi connectivity index (χ2v) is 7.97. The lowest BCUT2D eigenvalue weighted by Crippen LogP contribution is -2.33. The summed E-state index contributed by atoms with van der Waals surface area (Å²) in [7, 11) is 3.91. The maximum atomic E-state index is 12.8. The van der Waals surface area contributed by atoms with Crippen molar-refractivity contribution in [3.63, 3.8) is 0 Å². The number of carbonyl (C=O) groups is 1. The van der Waals surface area contributed by atoms with E-state index in [-0.39, 0.29) is 17.7 Å². The molecule has 1 aliphatic rings. The van der Waals surface area contributed by atoms with Gasteiger partial charge >= 0.3 is 6.18 Å². The van der Waals surface area contributed by atoms with Gasteiger partial charge in [-0.2, -0.15) is 13.2 Å². The Bertz CT molecular complexity index is 786. The molecule has 0 bridgehead atoms. The maximum Gasteiger partial charge on any atom is 0.425 e. The normalized spacial score (nSPS) is 19.9. The highest BCUT2D eigenvalue weighted by atomic mass is 32.1. The van der Waals surface area contributed by atoms with Gasteiger partial charge in [0.15, 0.2) is 0 Å². The zero-order chi connectivity index (χ0) is 19.6. The molecule has 1 fully saturated rings. The van der Waals surface area contributed by atoms with Gasteiger partial charge in [0.2, 0.25) is 5.91 Å². The Kier molecular flexibility index (Phi) is 5.76. The van der Waals surface area contributed by atoms with Crippen molar-refractivity contribution >= 4 is 22.9 Å². The summed E-state index contributed by atoms with van der Waals surface area (Å²) in [5.41, 5.74) is 2.05. The summed E-state index contributed by atoms with van der Waals surface area (Å²) in [5, 5.41) is 6.04. The van der Waals surface area contributed by atoms with E-state index in [0.717, 1.165) is 28.7 Å². The van der Waals surface area contributed by atoms with Gasteiger partial charge in [0, 0.05) is 50.2 Å². The van der Waals surface area contributed by atoms with Crippen LogP contribution in [0.4, 0.5) is 18.9 Å². The molecule has 1 aliphatic heterocycles. The van der Waals surface area contributed by atoms with Crippen molar-refractivity contribution in [1.82, 2.24) is 10.6 Å². The minimum atomic E-state index is -4.34. The van der Waals surface area contributed by atoms with Crippen LogP contribution >= 0.6 is 11.3 Å². The molecule has 0 saturated carbocycles. The fraction of sp³-hybridized carbons (Fsp3) is 0.421. The largest absolute Gasteiger partial charge is 0.425 e. The molecule has 1 amide bonds. The highest BCUT2D eigenvalue weighted by molar-refractivity contribution is 7.12. The third-order valence-corrected chi connectivity index (χ3v) is 6.00. The molecule has 0 radical (unpaired) electrons. The monoisotopic (exact) mass is 397 g/mol. The summed E-state index contributed by atoms with van der Waals surface area (Å²) in [6.45, 7) is 1.37. The molecule has 27 heavy (non-hydrogen) atoms. The van der Waals surface area contributed by atoms with Gasteiger partial charge in [-0.25, -0.2) is 0 Å². The number of hydrogen-bond acceptors (Lipinski definition) is 4. The highest BCUT2D eigenvalue weighted by Crippen LogP contribution is 2.39. The van der Waals surface area contributed by atoms with Crippen LogP contribution < -0.4 is 15.5 Å². The van der Waals surface area contributed by atoms with Gasteiger partial charge in [-0.3, -0.25) is 4.79 Å². The van der Waals surface area contributed by atoms with Crippen molar-refractivity contribution in [3.8, 4) is 0 Å². The molecule has 0 spiro atoms. The maximum absolute atomic E-state index is 12.8. The smallest absolute Gasteiger partial charge is 0.378 e. The lowest BCUT2D eigenvalue weighted by atomic mass is 9.93. The van der Waals surface area contributed by atoms with E-state index in [0.29, 0.717) is 24.5 Å². The predicted molar refractivity (Wildman–Crippen MR) is 101 cm³/mol. The van der Waals surface area contributed by atoms with E-state index in [1.165, 1.54) is 6.07 Å². The van der Waals surface area contributed by atoms with Gasteiger partial charge < -0.3 is 15.5 Å². The first-order chi connectivity index (χ1) is 12.8. The molecule has 146 valence electrons. The number of nitrogens with zero attached hydrogens (tertiary/aromatic N) is 1. The molecule has 2 atom stereocenters. The highest BCUT2D eigenvalue weighted by Gasteiger charge is 2.38. The number of carbonyl (C=O) groups excluding carboxylic acids is 1. The first kappa shape index (κ1) is 19.7. The molecule has 1 aromatic carbocycles. The number of hydrogen-bond donors (Lipinski definition) is 2. The van der Waals surface area contributed by atoms with E-state index in [1.807, 2.05) is 43.3 Å². The van der Waals surface area contributed by atoms with Crippen molar-refractivity contribution in [2.75, 3.05) is 32.1 Å². The zero-order valence-electron chi connectivity index (χ0n) is 15.1. The zero-order valence-corrected chi connectivity index (χ0v) is 16.0. The van der Waals surface area contributed by atoms with Crippen LogP contribution in [0.1, 0.15) is 21.2 Å². The van der Waals surface area contributed by atoms with E-state index >= 15 is 0 Å². The van der Waals surface area contributed by atoms with E-state index < -0.39 is 11.1 Å². The number of thiophene rings is 1. The quantitative estimate of drug-likeness (QED) is 0.812. The fourth-order valence-corrected chi connectivity index (χ4v) is 4.23. The molecule has 4 nitrogen and oxygen atoms in total. The first-order valence-corrected chi connectivity index (χ1v) is 9.49. The number of halogens is 3. The van der Waals surface area contributed by atoms with Gasteiger partial charge in [-0.05, 0) is 29.8 Å². The van der Waals surface area contributed by atoms with Crippen molar-refractivity contribution < 1.29 is 18.0 Å². The van der Waals surface area contributed by atoms with Gasteiger partial charge in [0.25, 0.3) is 0 Å². The van der Waals surface area contributed by atoms with Gasteiger partial charge in [-0.15, -0.1) is 11.3 Å². The Morgan fingerprint density at radius 3 is 2.48 bits per heavy atom.